The van der Waals surface area contributed by atoms with Gasteiger partial charge in [0.15, 0.2) is 5.11 Å². The van der Waals surface area contributed by atoms with Gasteiger partial charge in [-0.15, -0.1) is 0 Å². The molecule has 0 amide bonds. The van der Waals surface area contributed by atoms with Crippen LogP contribution in [0, 0.1) is 11.6 Å². The Kier molecular flexibility index (Phi) is 4.29. The molecule has 6 heteroatoms. The minimum Gasteiger partial charge on any atom is -0.330 e. The second-order valence-corrected chi connectivity index (χ2v) is 4.53. The molecule has 0 saturated heterocycles. The van der Waals surface area contributed by atoms with E-state index in [-0.39, 0.29) is 21.5 Å². The Morgan fingerprint density at radius 3 is 2.21 bits per heavy atom. The highest BCUT2D eigenvalue weighted by Crippen LogP contribution is 2.19. The first-order chi connectivity index (χ1) is 9.06. The van der Waals surface area contributed by atoms with Gasteiger partial charge in [0.2, 0.25) is 0 Å². The molecular formula is C13H9ClF2N2S. The second-order valence-electron chi connectivity index (χ2n) is 3.68. The fraction of sp³-hybridized carbons (Fsp3) is 0. The number of anilines is 2. The van der Waals surface area contributed by atoms with E-state index in [1.807, 2.05) is 0 Å². The molecule has 0 saturated carbocycles. The number of thiocarbonyl (C=S) groups is 1. The number of hydrogen-bond donors (Lipinski definition) is 2. The van der Waals surface area contributed by atoms with Crippen molar-refractivity contribution in [3.05, 3.63) is 59.1 Å². The third-order valence-corrected chi connectivity index (χ3v) is 2.74. The van der Waals surface area contributed by atoms with Gasteiger partial charge in [-0.1, -0.05) is 23.7 Å². The summed E-state index contributed by atoms with van der Waals surface area (Å²) in [5.74, 6) is -0.978. The molecule has 0 atom stereocenters. The summed E-state index contributed by atoms with van der Waals surface area (Å²) in [5, 5.41) is 5.66. The third kappa shape index (κ3) is 3.62. The van der Waals surface area contributed by atoms with E-state index in [2.05, 4.69) is 10.6 Å². The van der Waals surface area contributed by atoms with Gasteiger partial charge >= 0.3 is 0 Å². The van der Waals surface area contributed by atoms with Crippen LogP contribution in [0.3, 0.4) is 0 Å². The van der Waals surface area contributed by atoms with Crippen molar-refractivity contribution in [2.45, 2.75) is 0 Å². The summed E-state index contributed by atoms with van der Waals surface area (Å²) in [6.07, 6.45) is 0. The number of rotatable bonds is 2. The molecule has 0 unspecified atom stereocenters. The Hall–Kier alpha value is -1.72. The zero-order valence-electron chi connectivity index (χ0n) is 9.58. The Morgan fingerprint density at radius 2 is 1.58 bits per heavy atom. The summed E-state index contributed by atoms with van der Waals surface area (Å²) in [7, 11) is 0. The summed E-state index contributed by atoms with van der Waals surface area (Å²) >= 11 is 10.6. The monoisotopic (exact) mass is 298 g/mol. The molecule has 19 heavy (non-hydrogen) atoms. The zero-order chi connectivity index (χ0) is 13.8. The van der Waals surface area contributed by atoms with Gasteiger partial charge < -0.3 is 10.6 Å². The Balaban J connectivity index is 2.08. The first-order valence-electron chi connectivity index (χ1n) is 5.34. The lowest BCUT2D eigenvalue weighted by atomic mass is 10.3. The highest BCUT2D eigenvalue weighted by molar-refractivity contribution is 7.80. The van der Waals surface area contributed by atoms with E-state index in [9.17, 15) is 8.78 Å². The van der Waals surface area contributed by atoms with E-state index in [1.54, 1.807) is 12.1 Å². The lowest BCUT2D eigenvalue weighted by Gasteiger charge is -2.11. The van der Waals surface area contributed by atoms with Crippen LogP contribution < -0.4 is 10.6 Å². The molecule has 0 aliphatic heterocycles. The molecule has 98 valence electrons. The van der Waals surface area contributed by atoms with Crippen LogP contribution in [0.25, 0.3) is 0 Å². The van der Waals surface area contributed by atoms with Crippen LogP contribution in [0.1, 0.15) is 0 Å². The van der Waals surface area contributed by atoms with Crippen molar-refractivity contribution in [3.63, 3.8) is 0 Å². The van der Waals surface area contributed by atoms with Crippen molar-refractivity contribution in [2.75, 3.05) is 10.6 Å². The van der Waals surface area contributed by atoms with Gasteiger partial charge in [0.05, 0.1) is 11.4 Å². The molecule has 0 aromatic heterocycles. The topological polar surface area (TPSA) is 24.1 Å². The zero-order valence-corrected chi connectivity index (χ0v) is 11.2. The van der Waals surface area contributed by atoms with Crippen molar-refractivity contribution in [3.8, 4) is 0 Å². The van der Waals surface area contributed by atoms with Gasteiger partial charge in [-0.05, 0) is 42.5 Å². The average molecular weight is 299 g/mol. The van der Waals surface area contributed by atoms with Gasteiger partial charge in [-0.25, -0.2) is 8.78 Å². The molecular weight excluding hydrogens is 290 g/mol. The lowest BCUT2D eigenvalue weighted by molar-refractivity contribution is 0.632. The predicted molar refractivity (Wildman–Crippen MR) is 77.7 cm³/mol. The number of benzene rings is 2. The van der Waals surface area contributed by atoms with E-state index in [4.69, 9.17) is 23.8 Å². The maximum absolute atomic E-state index is 13.5. The van der Waals surface area contributed by atoms with E-state index in [0.717, 1.165) is 6.07 Å². The highest BCUT2D eigenvalue weighted by atomic mass is 35.5. The van der Waals surface area contributed by atoms with Crippen LogP contribution in [0.15, 0.2) is 42.5 Å². The van der Waals surface area contributed by atoms with Crippen LogP contribution in [0.5, 0.6) is 0 Å². The van der Waals surface area contributed by atoms with E-state index >= 15 is 0 Å². The fourth-order valence-electron chi connectivity index (χ4n) is 1.43. The first-order valence-corrected chi connectivity index (χ1v) is 6.12. The van der Waals surface area contributed by atoms with Crippen molar-refractivity contribution in [2.24, 2.45) is 0 Å². The summed E-state index contributed by atoms with van der Waals surface area (Å²) in [4.78, 5) is 0. The summed E-state index contributed by atoms with van der Waals surface area (Å²) in [6, 6.07) is 10.2. The predicted octanol–water partition coefficient (Wildman–Crippen LogP) is 4.43. The molecule has 0 aliphatic carbocycles. The summed E-state index contributed by atoms with van der Waals surface area (Å²) in [5.41, 5.74) is 0.382. The van der Waals surface area contributed by atoms with Crippen molar-refractivity contribution in [1.29, 1.82) is 0 Å². The number of para-hydroxylation sites is 1. The van der Waals surface area contributed by atoms with Crippen molar-refractivity contribution in [1.82, 2.24) is 0 Å². The van der Waals surface area contributed by atoms with Gasteiger partial charge in [0.25, 0.3) is 0 Å². The molecule has 2 nitrogen and oxygen atoms in total. The van der Waals surface area contributed by atoms with Gasteiger partial charge in [0, 0.05) is 5.02 Å². The van der Waals surface area contributed by atoms with Crippen molar-refractivity contribution < 1.29 is 8.78 Å². The van der Waals surface area contributed by atoms with E-state index in [1.165, 1.54) is 24.3 Å². The Labute approximate surface area is 119 Å². The maximum Gasteiger partial charge on any atom is 0.175 e. The van der Waals surface area contributed by atoms with Crippen LogP contribution in [0.2, 0.25) is 5.02 Å². The van der Waals surface area contributed by atoms with Crippen LogP contribution in [-0.4, -0.2) is 5.11 Å². The number of halogens is 3. The summed E-state index contributed by atoms with van der Waals surface area (Å²) in [6.45, 7) is 0. The standard InChI is InChI=1S/C13H9ClF2N2S/c14-8-5-6-12(10(16)7-8)18-13(19)17-11-4-2-1-3-9(11)15/h1-7H,(H2,17,18,19). The Bertz CT molecular complexity index is 619. The van der Waals surface area contributed by atoms with E-state index < -0.39 is 11.6 Å². The second kappa shape index (κ2) is 5.95. The molecule has 0 radical (unpaired) electrons. The first kappa shape index (κ1) is 13.7. The smallest absolute Gasteiger partial charge is 0.175 e. The molecule has 2 aromatic rings. The Morgan fingerprint density at radius 1 is 0.947 bits per heavy atom. The van der Waals surface area contributed by atoms with Crippen LogP contribution in [-0.2, 0) is 0 Å². The molecule has 2 rings (SSSR count). The lowest BCUT2D eigenvalue weighted by Crippen LogP contribution is -2.20. The summed E-state index contributed by atoms with van der Waals surface area (Å²) < 4.78 is 26.9. The highest BCUT2D eigenvalue weighted by Gasteiger charge is 2.06. The largest absolute Gasteiger partial charge is 0.330 e. The minimum absolute atomic E-state index is 0.0892. The van der Waals surface area contributed by atoms with Crippen LogP contribution in [0.4, 0.5) is 20.2 Å². The van der Waals surface area contributed by atoms with Crippen molar-refractivity contribution >= 4 is 40.3 Å². The quantitative estimate of drug-likeness (QED) is 0.802. The SMILES string of the molecule is Fc1ccccc1NC(=S)Nc1ccc(Cl)cc1F. The van der Waals surface area contributed by atoms with Gasteiger partial charge in [0.1, 0.15) is 11.6 Å². The van der Waals surface area contributed by atoms with Gasteiger partial charge in [-0.3, -0.25) is 0 Å². The minimum atomic E-state index is -0.537. The maximum atomic E-state index is 13.5. The molecule has 0 bridgehead atoms. The average Bonchev–Trinajstić information content (AvgIpc) is 2.36. The molecule has 0 heterocycles. The molecule has 0 fully saturated rings. The molecule has 2 aromatic carbocycles. The number of nitrogens with one attached hydrogen (secondary N) is 2. The fourth-order valence-corrected chi connectivity index (χ4v) is 1.81. The molecule has 0 aliphatic rings. The molecule has 0 spiro atoms. The van der Waals surface area contributed by atoms with Gasteiger partial charge in [-0.2, -0.15) is 0 Å². The normalized spacial score (nSPS) is 10.1. The third-order valence-electron chi connectivity index (χ3n) is 2.30. The molecule has 2 N–H and O–H groups in total. The number of hydrogen-bond acceptors (Lipinski definition) is 1. The van der Waals surface area contributed by atoms with Crippen LogP contribution >= 0.6 is 23.8 Å². The van der Waals surface area contributed by atoms with E-state index in [0.29, 0.717) is 0 Å².